The van der Waals surface area contributed by atoms with Crippen molar-refractivity contribution in [2.45, 2.75) is 13.8 Å². The van der Waals surface area contributed by atoms with E-state index in [2.05, 4.69) is 15.4 Å². The van der Waals surface area contributed by atoms with Crippen molar-refractivity contribution in [2.75, 3.05) is 5.32 Å². The molecule has 0 aliphatic carbocycles. The Bertz CT molecular complexity index is 1230. The zero-order valence-electron chi connectivity index (χ0n) is 15.8. The molecule has 1 amide bonds. The number of halogens is 1. The number of hydrogen-bond acceptors (Lipinski definition) is 4. The van der Waals surface area contributed by atoms with Crippen molar-refractivity contribution in [1.82, 2.24) is 14.8 Å². The monoisotopic (exact) mass is 404 g/mol. The Labute approximate surface area is 172 Å². The third-order valence-electron chi connectivity index (χ3n) is 4.60. The lowest BCUT2D eigenvalue weighted by Gasteiger charge is -2.08. The summed E-state index contributed by atoms with van der Waals surface area (Å²) < 4.78 is 1.71. The summed E-state index contributed by atoms with van der Waals surface area (Å²) in [5.41, 5.74) is 3.52. The fourth-order valence-electron chi connectivity index (χ4n) is 3.10. The number of fused-ring (bicyclic) bond motifs is 1. The van der Waals surface area contributed by atoms with E-state index in [9.17, 15) is 9.59 Å². The number of benzene rings is 2. The fourth-order valence-corrected chi connectivity index (χ4v) is 3.46. The van der Waals surface area contributed by atoms with E-state index in [0.717, 1.165) is 5.69 Å². The second-order valence-electron chi connectivity index (χ2n) is 6.60. The largest absolute Gasteiger partial charge is 0.322 e. The number of amides is 1. The van der Waals surface area contributed by atoms with Gasteiger partial charge in [-0.2, -0.15) is 5.10 Å². The molecule has 6 nitrogen and oxygen atoms in total. The second-order valence-corrected chi connectivity index (χ2v) is 6.98. The summed E-state index contributed by atoms with van der Waals surface area (Å²) in [6, 6.07) is 16.3. The first kappa shape index (κ1) is 18.8. The van der Waals surface area contributed by atoms with E-state index < -0.39 is 0 Å². The van der Waals surface area contributed by atoms with E-state index in [1.54, 1.807) is 28.9 Å². The molecule has 1 N–H and O–H groups in total. The van der Waals surface area contributed by atoms with Crippen LogP contribution in [0.15, 0.2) is 60.8 Å². The minimum absolute atomic E-state index is 0.0357. The van der Waals surface area contributed by atoms with Crippen molar-refractivity contribution >= 4 is 40.0 Å². The van der Waals surface area contributed by atoms with Crippen molar-refractivity contribution in [2.24, 2.45) is 0 Å². The summed E-state index contributed by atoms with van der Waals surface area (Å²) in [5.74, 6) is -0.418. The fraction of sp³-hybridized carbons (Fsp3) is 0.0909. The van der Waals surface area contributed by atoms with Gasteiger partial charge in [0.2, 0.25) is 0 Å². The number of para-hydroxylation sites is 1. The van der Waals surface area contributed by atoms with Crippen molar-refractivity contribution in [3.05, 3.63) is 82.6 Å². The van der Waals surface area contributed by atoms with Gasteiger partial charge in [-0.05, 0) is 50.2 Å². The predicted molar refractivity (Wildman–Crippen MR) is 113 cm³/mol. The summed E-state index contributed by atoms with van der Waals surface area (Å²) in [6.45, 7) is 3.32. The lowest BCUT2D eigenvalue weighted by atomic mass is 10.1. The molecule has 7 heteroatoms. The van der Waals surface area contributed by atoms with Crippen molar-refractivity contribution in [1.29, 1.82) is 0 Å². The molecule has 0 saturated carbocycles. The Kier molecular flexibility index (Phi) is 4.86. The molecule has 144 valence electrons. The second kappa shape index (κ2) is 7.48. The number of aryl methyl sites for hydroxylation is 1. The molecule has 29 heavy (non-hydrogen) atoms. The summed E-state index contributed by atoms with van der Waals surface area (Å²) in [7, 11) is 0. The van der Waals surface area contributed by atoms with Gasteiger partial charge in [0.15, 0.2) is 11.4 Å². The minimum Gasteiger partial charge on any atom is -0.322 e. The van der Waals surface area contributed by atoms with Crippen LogP contribution in [0.2, 0.25) is 5.02 Å². The van der Waals surface area contributed by atoms with Gasteiger partial charge >= 0.3 is 0 Å². The van der Waals surface area contributed by atoms with Crippen LogP contribution in [-0.2, 0) is 0 Å². The van der Waals surface area contributed by atoms with E-state index in [-0.39, 0.29) is 17.3 Å². The number of aromatic nitrogens is 3. The zero-order chi connectivity index (χ0) is 20.5. The molecule has 2 aromatic carbocycles. The number of carbonyl (C=O) groups excluding carboxylic acids is 2. The number of nitrogens with zero attached hydrogens (tertiary/aromatic N) is 3. The molecule has 0 fully saturated rings. The Morgan fingerprint density at radius 3 is 2.38 bits per heavy atom. The van der Waals surface area contributed by atoms with Gasteiger partial charge in [-0.25, -0.2) is 9.67 Å². The molecule has 4 rings (SSSR count). The minimum atomic E-state index is -0.383. The quantitative estimate of drug-likeness (QED) is 0.494. The lowest BCUT2D eigenvalue weighted by Crippen LogP contribution is -2.13. The van der Waals surface area contributed by atoms with Gasteiger partial charge < -0.3 is 5.32 Å². The molecule has 2 aromatic heterocycles. The lowest BCUT2D eigenvalue weighted by molar-refractivity contribution is 0.101. The summed E-state index contributed by atoms with van der Waals surface area (Å²) in [5, 5.41) is 8.26. The smallest absolute Gasteiger partial charge is 0.258 e. The number of rotatable bonds is 4. The van der Waals surface area contributed by atoms with Crippen LogP contribution in [-0.4, -0.2) is 26.5 Å². The maximum Gasteiger partial charge on any atom is 0.258 e. The Hall–Kier alpha value is -3.51. The molecule has 0 saturated heterocycles. The average Bonchev–Trinajstić information content (AvgIpc) is 3.06. The molecule has 0 atom stereocenters. The maximum absolute atomic E-state index is 12.8. The molecule has 0 spiro atoms. The number of Topliss-reactive ketones (excluding diaryl/α,β-unsaturated/α-hetero) is 1. The molecule has 4 aromatic rings. The maximum atomic E-state index is 12.8. The molecular weight excluding hydrogens is 388 g/mol. The summed E-state index contributed by atoms with van der Waals surface area (Å²) in [6.07, 6.45) is 1.45. The Balaban J connectivity index is 1.69. The summed E-state index contributed by atoms with van der Waals surface area (Å²) in [4.78, 5) is 28.6. The van der Waals surface area contributed by atoms with Gasteiger partial charge in [0.25, 0.3) is 5.91 Å². The topological polar surface area (TPSA) is 76.9 Å². The molecule has 0 bridgehead atoms. The van der Waals surface area contributed by atoms with E-state index in [0.29, 0.717) is 33.0 Å². The zero-order valence-corrected chi connectivity index (χ0v) is 16.6. The Morgan fingerprint density at radius 2 is 1.72 bits per heavy atom. The molecule has 2 heterocycles. The average molecular weight is 405 g/mol. The van der Waals surface area contributed by atoms with Gasteiger partial charge in [0, 0.05) is 17.4 Å². The van der Waals surface area contributed by atoms with Gasteiger partial charge in [-0.15, -0.1) is 0 Å². The molecular formula is C22H17ClN4O2. The number of pyridine rings is 1. The number of ketones is 1. The van der Waals surface area contributed by atoms with Crippen LogP contribution in [0.1, 0.15) is 33.3 Å². The number of nitrogens with one attached hydrogen (secondary N) is 1. The van der Waals surface area contributed by atoms with Crippen molar-refractivity contribution < 1.29 is 9.59 Å². The van der Waals surface area contributed by atoms with Crippen LogP contribution in [0, 0.1) is 6.92 Å². The van der Waals surface area contributed by atoms with Crippen LogP contribution in [0.25, 0.3) is 16.7 Å². The van der Waals surface area contributed by atoms with Gasteiger partial charge in [0.1, 0.15) is 0 Å². The van der Waals surface area contributed by atoms with Crippen LogP contribution >= 0.6 is 11.6 Å². The van der Waals surface area contributed by atoms with E-state index in [1.165, 1.54) is 13.1 Å². The van der Waals surface area contributed by atoms with E-state index >= 15 is 0 Å². The van der Waals surface area contributed by atoms with E-state index in [1.807, 2.05) is 37.3 Å². The molecule has 0 aliphatic rings. The van der Waals surface area contributed by atoms with Crippen LogP contribution in [0.3, 0.4) is 0 Å². The Morgan fingerprint density at radius 1 is 1.03 bits per heavy atom. The molecule has 0 aliphatic heterocycles. The number of carbonyl (C=O) groups is 2. The van der Waals surface area contributed by atoms with Crippen LogP contribution in [0.4, 0.5) is 5.69 Å². The standard InChI is InChI=1S/C22H17ClN4O2/c1-13-19-20(23)18(22(29)25-16-10-8-15(9-11-16)14(2)28)12-24-21(19)27(26-13)17-6-4-3-5-7-17/h3-12H,1-2H3,(H,25,29). The van der Waals surface area contributed by atoms with Crippen molar-refractivity contribution in [3.8, 4) is 5.69 Å². The highest BCUT2D eigenvalue weighted by Gasteiger charge is 2.20. The third-order valence-corrected chi connectivity index (χ3v) is 5.00. The molecule has 0 radical (unpaired) electrons. The van der Waals surface area contributed by atoms with Crippen molar-refractivity contribution in [3.63, 3.8) is 0 Å². The van der Waals surface area contributed by atoms with E-state index in [4.69, 9.17) is 11.6 Å². The van der Waals surface area contributed by atoms with Gasteiger partial charge in [-0.3, -0.25) is 9.59 Å². The normalized spacial score (nSPS) is 10.9. The first-order chi connectivity index (χ1) is 14.0. The highest BCUT2D eigenvalue weighted by atomic mass is 35.5. The van der Waals surface area contributed by atoms with Crippen LogP contribution < -0.4 is 5.32 Å². The highest BCUT2D eigenvalue weighted by molar-refractivity contribution is 6.39. The molecule has 0 unspecified atom stereocenters. The third kappa shape index (κ3) is 3.50. The van der Waals surface area contributed by atoms with Gasteiger partial charge in [0.05, 0.1) is 27.4 Å². The summed E-state index contributed by atoms with van der Waals surface area (Å²) >= 11 is 6.58. The number of anilines is 1. The SMILES string of the molecule is CC(=O)c1ccc(NC(=O)c2cnc3c(c(C)nn3-c3ccccc3)c2Cl)cc1. The first-order valence-electron chi connectivity index (χ1n) is 8.97. The predicted octanol–water partition coefficient (Wildman–Crippen LogP) is 4.84. The van der Waals surface area contributed by atoms with Gasteiger partial charge in [-0.1, -0.05) is 29.8 Å². The number of hydrogen-bond donors (Lipinski definition) is 1. The highest BCUT2D eigenvalue weighted by Crippen LogP contribution is 2.30. The van der Waals surface area contributed by atoms with Crippen LogP contribution in [0.5, 0.6) is 0 Å². The first-order valence-corrected chi connectivity index (χ1v) is 9.35.